The number of nitrogens with one attached hydrogen (secondary N) is 1. The van der Waals surface area contributed by atoms with Crippen LogP contribution in [0.25, 0.3) is 0 Å². The fourth-order valence-corrected chi connectivity index (χ4v) is 2.86. The van der Waals surface area contributed by atoms with Crippen molar-refractivity contribution in [2.24, 2.45) is 0 Å². The van der Waals surface area contributed by atoms with E-state index in [9.17, 15) is 17.2 Å². The third kappa shape index (κ3) is 3.83. The van der Waals surface area contributed by atoms with Crippen molar-refractivity contribution >= 4 is 10.0 Å². The minimum atomic E-state index is -3.99. The summed E-state index contributed by atoms with van der Waals surface area (Å²) in [5.41, 5.74) is 0.241. The van der Waals surface area contributed by atoms with Crippen LogP contribution in [0.15, 0.2) is 41.3 Å². The quantitative estimate of drug-likeness (QED) is 0.907. The summed E-state index contributed by atoms with van der Waals surface area (Å²) < 4.78 is 58.2. The van der Waals surface area contributed by atoms with Crippen molar-refractivity contribution in [1.82, 2.24) is 4.72 Å². The molecular formula is C15H12F2N2O3S. The predicted molar refractivity (Wildman–Crippen MR) is 78.1 cm³/mol. The number of ether oxygens (including phenoxy) is 1. The zero-order valence-electron chi connectivity index (χ0n) is 12.0. The van der Waals surface area contributed by atoms with Crippen LogP contribution in [0.1, 0.15) is 11.1 Å². The van der Waals surface area contributed by atoms with Gasteiger partial charge in [-0.15, -0.1) is 0 Å². The number of hydrogen-bond acceptors (Lipinski definition) is 4. The molecule has 0 aromatic heterocycles. The van der Waals surface area contributed by atoms with Crippen molar-refractivity contribution in [3.8, 4) is 11.8 Å². The summed E-state index contributed by atoms with van der Waals surface area (Å²) in [6.07, 6.45) is 0. The highest BCUT2D eigenvalue weighted by molar-refractivity contribution is 7.89. The molecule has 5 nitrogen and oxygen atoms in total. The van der Waals surface area contributed by atoms with Gasteiger partial charge in [0.2, 0.25) is 10.0 Å². The first-order valence-corrected chi connectivity index (χ1v) is 7.87. The highest BCUT2D eigenvalue weighted by Crippen LogP contribution is 2.21. The minimum absolute atomic E-state index is 0.0294. The van der Waals surface area contributed by atoms with E-state index < -0.39 is 21.7 Å². The molecule has 23 heavy (non-hydrogen) atoms. The summed E-state index contributed by atoms with van der Waals surface area (Å²) in [5, 5.41) is 8.78. The van der Waals surface area contributed by atoms with Crippen LogP contribution in [0.4, 0.5) is 8.78 Å². The number of halogens is 2. The molecule has 0 unspecified atom stereocenters. The van der Waals surface area contributed by atoms with E-state index in [0.717, 1.165) is 24.3 Å². The number of benzene rings is 2. The number of sulfonamides is 1. The maximum Gasteiger partial charge on any atom is 0.241 e. The van der Waals surface area contributed by atoms with Crippen LogP contribution in [-0.4, -0.2) is 15.5 Å². The molecule has 0 aliphatic heterocycles. The van der Waals surface area contributed by atoms with Gasteiger partial charge in [0.15, 0.2) is 11.6 Å². The first kappa shape index (κ1) is 16.9. The summed E-state index contributed by atoms with van der Waals surface area (Å²) in [5.74, 6) is -1.55. The summed E-state index contributed by atoms with van der Waals surface area (Å²) in [6, 6.07) is 8.53. The van der Waals surface area contributed by atoms with Gasteiger partial charge in [-0.25, -0.2) is 21.9 Å². The second-order valence-corrected chi connectivity index (χ2v) is 6.31. The normalized spacial score (nSPS) is 11.0. The van der Waals surface area contributed by atoms with Crippen LogP contribution in [0, 0.1) is 23.0 Å². The van der Waals surface area contributed by atoms with E-state index in [1.165, 1.54) is 19.2 Å². The molecule has 2 aromatic rings. The monoisotopic (exact) mass is 338 g/mol. The van der Waals surface area contributed by atoms with Crippen LogP contribution >= 0.6 is 0 Å². The van der Waals surface area contributed by atoms with E-state index in [1.54, 1.807) is 0 Å². The molecule has 0 radical (unpaired) electrons. The average Bonchev–Trinajstić information content (AvgIpc) is 2.54. The smallest absolute Gasteiger partial charge is 0.241 e. The number of nitrogens with zero attached hydrogens (tertiary/aromatic N) is 1. The second kappa shape index (κ2) is 6.73. The van der Waals surface area contributed by atoms with Crippen LogP contribution < -0.4 is 9.46 Å². The van der Waals surface area contributed by atoms with Crippen molar-refractivity contribution in [1.29, 1.82) is 5.26 Å². The lowest BCUT2D eigenvalue weighted by Crippen LogP contribution is -2.24. The maximum absolute atomic E-state index is 13.6. The molecule has 0 amide bonds. The first-order chi connectivity index (χ1) is 10.9. The standard InChI is InChI=1S/C15H12F2N2O3S/c1-22-15-7-12(3-5-14(15)17)23(20,21)19-9-11-6-10(8-18)2-4-13(11)16/h2-7,19H,9H2,1H3. The van der Waals surface area contributed by atoms with E-state index >= 15 is 0 Å². The minimum Gasteiger partial charge on any atom is -0.494 e. The van der Waals surface area contributed by atoms with Crippen LogP contribution in [0.2, 0.25) is 0 Å². The van der Waals surface area contributed by atoms with Crippen molar-refractivity contribution in [3.05, 3.63) is 59.2 Å². The molecule has 1 N–H and O–H groups in total. The Labute approximate surface area is 132 Å². The molecule has 0 saturated heterocycles. The third-order valence-electron chi connectivity index (χ3n) is 3.06. The summed E-state index contributed by atoms with van der Waals surface area (Å²) in [6.45, 7) is -0.344. The molecule has 120 valence electrons. The van der Waals surface area contributed by atoms with Gasteiger partial charge in [0, 0.05) is 18.2 Å². The van der Waals surface area contributed by atoms with E-state index in [0.29, 0.717) is 0 Å². The average molecular weight is 338 g/mol. The van der Waals surface area contributed by atoms with Crippen LogP contribution in [0.5, 0.6) is 5.75 Å². The second-order valence-electron chi connectivity index (χ2n) is 4.54. The zero-order chi connectivity index (χ0) is 17.0. The number of hydrogen-bond donors (Lipinski definition) is 1. The summed E-state index contributed by atoms with van der Waals surface area (Å²) in [7, 11) is -2.78. The Morgan fingerprint density at radius 3 is 2.52 bits per heavy atom. The molecule has 0 heterocycles. The molecule has 0 aliphatic carbocycles. The van der Waals surface area contributed by atoms with Crippen molar-refractivity contribution in [2.45, 2.75) is 11.4 Å². The van der Waals surface area contributed by atoms with Gasteiger partial charge >= 0.3 is 0 Å². The van der Waals surface area contributed by atoms with Crippen molar-refractivity contribution in [2.75, 3.05) is 7.11 Å². The van der Waals surface area contributed by atoms with Gasteiger partial charge in [-0.05, 0) is 30.3 Å². The SMILES string of the molecule is COc1cc(S(=O)(=O)NCc2cc(C#N)ccc2F)ccc1F. The Balaban J connectivity index is 2.24. The molecular weight excluding hydrogens is 326 g/mol. The highest BCUT2D eigenvalue weighted by atomic mass is 32.2. The van der Waals surface area contributed by atoms with Crippen molar-refractivity contribution in [3.63, 3.8) is 0 Å². The predicted octanol–water partition coefficient (Wildman–Crippen LogP) is 2.32. The first-order valence-electron chi connectivity index (χ1n) is 6.39. The highest BCUT2D eigenvalue weighted by Gasteiger charge is 2.17. The molecule has 0 saturated carbocycles. The lowest BCUT2D eigenvalue weighted by atomic mass is 10.1. The van der Waals surface area contributed by atoms with Crippen molar-refractivity contribution < 1.29 is 21.9 Å². The third-order valence-corrected chi connectivity index (χ3v) is 4.46. The van der Waals surface area contributed by atoms with Crippen LogP contribution in [-0.2, 0) is 16.6 Å². The van der Waals surface area contributed by atoms with E-state index in [2.05, 4.69) is 4.72 Å². The lowest BCUT2D eigenvalue weighted by Gasteiger charge is -2.09. The van der Waals surface area contributed by atoms with Gasteiger partial charge < -0.3 is 4.74 Å². The lowest BCUT2D eigenvalue weighted by molar-refractivity contribution is 0.385. The van der Waals surface area contributed by atoms with Gasteiger partial charge in [-0.2, -0.15) is 5.26 Å². The Morgan fingerprint density at radius 1 is 1.17 bits per heavy atom. The van der Waals surface area contributed by atoms with Crippen LogP contribution in [0.3, 0.4) is 0 Å². The van der Waals surface area contributed by atoms with E-state index in [1.807, 2.05) is 6.07 Å². The summed E-state index contributed by atoms with van der Waals surface area (Å²) in [4.78, 5) is -0.215. The zero-order valence-corrected chi connectivity index (χ0v) is 12.8. The molecule has 8 heteroatoms. The fourth-order valence-electron chi connectivity index (χ4n) is 1.84. The molecule has 0 fully saturated rings. The number of rotatable bonds is 5. The molecule has 0 spiro atoms. The maximum atomic E-state index is 13.6. The van der Waals surface area contributed by atoms with Gasteiger partial charge in [-0.1, -0.05) is 0 Å². The topological polar surface area (TPSA) is 79.2 Å². The number of methoxy groups -OCH3 is 1. The Hall–Kier alpha value is -2.50. The summed E-state index contributed by atoms with van der Waals surface area (Å²) >= 11 is 0. The molecule has 0 atom stereocenters. The van der Waals surface area contributed by atoms with E-state index in [-0.39, 0.29) is 28.3 Å². The Bertz CT molecular complexity index is 877. The van der Waals surface area contributed by atoms with Gasteiger partial charge in [0.25, 0.3) is 0 Å². The van der Waals surface area contributed by atoms with Gasteiger partial charge in [0.1, 0.15) is 5.82 Å². The molecule has 2 aromatic carbocycles. The van der Waals surface area contributed by atoms with Gasteiger partial charge in [-0.3, -0.25) is 0 Å². The fraction of sp³-hybridized carbons (Fsp3) is 0.133. The largest absolute Gasteiger partial charge is 0.494 e. The number of nitriles is 1. The molecule has 0 aliphatic rings. The van der Waals surface area contributed by atoms with E-state index in [4.69, 9.17) is 10.00 Å². The molecule has 2 rings (SSSR count). The molecule has 0 bridgehead atoms. The Kier molecular flexibility index (Phi) is 4.93. The van der Waals surface area contributed by atoms with Gasteiger partial charge in [0.05, 0.1) is 23.6 Å². The Morgan fingerprint density at radius 2 is 1.87 bits per heavy atom.